The summed E-state index contributed by atoms with van der Waals surface area (Å²) < 4.78 is 25.1. The summed E-state index contributed by atoms with van der Waals surface area (Å²) in [5.41, 5.74) is 1.66. The maximum Gasteiger partial charge on any atom is 0.266 e. The van der Waals surface area contributed by atoms with Crippen LogP contribution in [0.3, 0.4) is 0 Å². The fourth-order valence-electron chi connectivity index (χ4n) is 2.68. The molecular formula is C22H20FNO3S2. The molecule has 1 fully saturated rings. The molecule has 7 heteroatoms. The van der Waals surface area contributed by atoms with Crippen molar-refractivity contribution in [2.75, 3.05) is 13.2 Å². The van der Waals surface area contributed by atoms with Gasteiger partial charge in [-0.1, -0.05) is 48.3 Å². The van der Waals surface area contributed by atoms with Crippen molar-refractivity contribution in [1.29, 1.82) is 0 Å². The molecule has 1 saturated heterocycles. The average molecular weight is 430 g/mol. The van der Waals surface area contributed by atoms with E-state index in [1.165, 1.54) is 28.8 Å². The van der Waals surface area contributed by atoms with Gasteiger partial charge in [-0.2, -0.15) is 0 Å². The van der Waals surface area contributed by atoms with Crippen molar-refractivity contribution in [2.24, 2.45) is 0 Å². The zero-order valence-electron chi connectivity index (χ0n) is 15.9. The van der Waals surface area contributed by atoms with Crippen LogP contribution >= 0.6 is 24.0 Å². The van der Waals surface area contributed by atoms with Crippen molar-refractivity contribution in [2.45, 2.75) is 13.5 Å². The minimum atomic E-state index is -0.286. The van der Waals surface area contributed by atoms with Crippen molar-refractivity contribution in [1.82, 2.24) is 4.90 Å². The Morgan fingerprint density at radius 1 is 1.17 bits per heavy atom. The van der Waals surface area contributed by atoms with E-state index in [2.05, 4.69) is 6.58 Å². The van der Waals surface area contributed by atoms with E-state index < -0.39 is 0 Å². The second-order valence-electron chi connectivity index (χ2n) is 6.14. The SMILES string of the molecule is C=CCN1C(=O)/C(=C\c2ccc(OCc3ccc(F)cc3)c(OCC)c2)SC1=S. The van der Waals surface area contributed by atoms with E-state index in [-0.39, 0.29) is 11.7 Å². The smallest absolute Gasteiger partial charge is 0.266 e. The third-order valence-corrected chi connectivity index (χ3v) is 5.44. The van der Waals surface area contributed by atoms with Gasteiger partial charge in [0.05, 0.1) is 11.5 Å². The lowest BCUT2D eigenvalue weighted by atomic mass is 10.1. The van der Waals surface area contributed by atoms with Crippen molar-refractivity contribution in [3.63, 3.8) is 0 Å². The van der Waals surface area contributed by atoms with Crippen LogP contribution in [0.2, 0.25) is 0 Å². The maximum absolute atomic E-state index is 13.0. The molecule has 1 heterocycles. The fraction of sp³-hybridized carbons (Fsp3) is 0.182. The number of carbonyl (C=O) groups is 1. The lowest BCUT2D eigenvalue weighted by Crippen LogP contribution is -2.27. The van der Waals surface area contributed by atoms with Gasteiger partial charge in [0.15, 0.2) is 11.5 Å². The molecule has 0 spiro atoms. The van der Waals surface area contributed by atoms with Gasteiger partial charge in [-0.25, -0.2) is 4.39 Å². The van der Waals surface area contributed by atoms with E-state index in [1.54, 1.807) is 30.4 Å². The summed E-state index contributed by atoms with van der Waals surface area (Å²) in [6.45, 7) is 6.69. The number of rotatable bonds is 8. The summed E-state index contributed by atoms with van der Waals surface area (Å²) in [5.74, 6) is 0.735. The standard InChI is InChI=1S/C22H20FNO3S2/c1-3-11-24-21(25)20(29-22(24)28)13-16-7-10-18(19(12-16)26-4-2)27-14-15-5-8-17(23)9-6-15/h3,5-10,12-13H,1,4,11,14H2,2H3/b20-13+. The number of thiocarbonyl (C=S) groups is 1. The summed E-state index contributed by atoms with van der Waals surface area (Å²) in [7, 11) is 0. The van der Waals surface area contributed by atoms with Crippen LogP contribution in [-0.2, 0) is 11.4 Å². The molecule has 1 amide bonds. The third kappa shape index (κ3) is 5.25. The molecule has 4 nitrogen and oxygen atoms in total. The molecule has 1 aliphatic heterocycles. The topological polar surface area (TPSA) is 38.8 Å². The summed E-state index contributed by atoms with van der Waals surface area (Å²) >= 11 is 6.53. The Balaban J connectivity index is 1.78. The van der Waals surface area contributed by atoms with E-state index in [4.69, 9.17) is 21.7 Å². The van der Waals surface area contributed by atoms with E-state index in [1.807, 2.05) is 19.1 Å². The molecule has 0 N–H and O–H groups in total. The molecule has 0 saturated carbocycles. The van der Waals surface area contributed by atoms with E-state index >= 15 is 0 Å². The highest BCUT2D eigenvalue weighted by atomic mass is 32.2. The summed E-state index contributed by atoms with van der Waals surface area (Å²) in [5, 5.41) is 0. The Labute approximate surface area is 179 Å². The number of ether oxygens (including phenoxy) is 2. The van der Waals surface area contributed by atoms with Crippen LogP contribution in [0.4, 0.5) is 4.39 Å². The highest BCUT2D eigenvalue weighted by Gasteiger charge is 2.31. The predicted molar refractivity (Wildman–Crippen MR) is 118 cm³/mol. The van der Waals surface area contributed by atoms with Gasteiger partial charge in [0.25, 0.3) is 5.91 Å². The second kappa shape index (κ2) is 9.71. The first kappa shape index (κ1) is 21.1. The summed E-state index contributed by atoms with van der Waals surface area (Å²) in [4.78, 5) is 14.6. The monoisotopic (exact) mass is 429 g/mol. The first-order valence-corrected chi connectivity index (χ1v) is 10.2. The van der Waals surface area contributed by atoms with Gasteiger partial charge >= 0.3 is 0 Å². The summed E-state index contributed by atoms with van der Waals surface area (Å²) in [6.07, 6.45) is 3.43. The molecule has 0 atom stereocenters. The zero-order valence-corrected chi connectivity index (χ0v) is 17.5. The van der Waals surface area contributed by atoms with Gasteiger partial charge in [0.1, 0.15) is 16.7 Å². The Hall–Kier alpha value is -2.64. The number of benzene rings is 2. The molecule has 3 rings (SSSR count). The molecule has 29 heavy (non-hydrogen) atoms. The number of carbonyl (C=O) groups excluding carboxylic acids is 1. The lowest BCUT2D eigenvalue weighted by molar-refractivity contribution is -0.121. The van der Waals surface area contributed by atoms with Crippen LogP contribution < -0.4 is 9.47 Å². The van der Waals surface area contributed by atoms with Gasteiger partial charge in [0, 0.05) is 6.54 Å². The van der Waals surface area contributed by atoms with Crippen molar-refractivity contribution in [3.05, 3.63) is 77.0 Å². The number of halogens is 1. The highest BCUT2D eigenvalue weighted by Crippen LogP contribution is 2.35. The first-order chi connectivity index (χ1) is 14.0. The molecule has 0 unspecified atom stereocenters. The molecule has 150 valence electrons. The number of amides is 1. The maximum atomic E-state index is 13.0. The average Bonchev–Trinajstić information content (AvgIpc) is 2.97. The van der Waals surface area contributed by atoms with Crippen LogP contribution in [0.15, 0.2) is 60.0 Å². The molecular weight excluding hydrogens is 409 g/mol. The largest absolute Gasteiger partial charge is 0.490 e. The summed E-state index contributed by atoms with van der Waals surface area (Å²) in [6, 6.07) is 11.6. The van der Waals surface area contributed by atoms with E-state index in [9.17, 15) is 9.18 Å². The fourth-order valence-corrected chi connectivity index (χ4v) is 3.96. The normalized spacial score (nSPS) is 15.1. The first-order valence-electron chi connectivity index (χ1n) is 9.02. The minimum absolute atomic E-state index is 0.130. The van der Waals surface area contributed by atoms with Gasteiger partial charge in [-0.3, -0.25) is 9.69 Å². The van der Waals surface area contributed by atoms with Crippen LogP contribution in [-0.4, -0.2) is 28.3 Å². The Morgan fingerprint density at radius 3 is 2.62 bits per heavy atom. The van der Waals surface area contributed by atoms with Crippen LogP contribution in [0.1, 0.15) is 18.1 Å². The van der Waals surface area contributed by atoms with Crippen LogP contribution in [0.5, 0.6) is 11.5 Å². The molecule has 2 aromatic carbocycles. The van der Waals surface area contributed by atoms with E-state index in [0.717, 1.165) is 11.1 Å². The Morgan fingerprint density at radius 2 is 1.93 bits per heavy atom. The Kier molecular flexibility index (Phi) is 7.06. The van der Waals surface area contributed by atoms with Crippen LogP contribution in [0.25, 0.3) is 6.08 Å². The van der Waals surface area contributed by atoms with Crippen molar-refractivity contribution >= 4 is 40.3 Å². The molecule has 1 aliphatic rings. The molecule has 0 aromatic heterocycles. The van der Waals surface area contributed by atoms with Crippen molar-refractivity contribution < 1.29 is 18.7 Å². The quantitative estimate of drug-likeness (QED) is 0.328. The Bertz CT molecular complexity index is 957. The zero-order chi connectivity index (χ0) is 20.8. The highest BCUT2D eigenvalue weighted by molar-refractivity contribution is 8.26. The molecule has 0 radical (unpaired) electrons. The number of thioether (sulfide) groups is 1. The van der Waals surface area contributed by atoms with Gasteiger partial charge in [0.2, 0.25) is 0 Å². The van der Waals surface area contributed by atoms with Gasteiger partial charge in [-0.15, -0.1) is 6.58 Å². The number of hydrogen-bond donors (Lipinski definition) is 0. The third-order valence-electron chi connectivity index (χ3n) is 4.06. The van der Waals surface area contributed by atoms with Gasteiger partial charge < -0.3 is 9.47 Å². The second-order valence-corrected chi connectivity index (χ2v) is 7.81. The number of nitrogens with zero attached hydrogens (tertiary/aromatic N) is 1. The molecule has 2 aromatic rings. The molecule has 0 aliphatic carbocycles. The predicted octanol–water partition coefficient (Wildman–Crippen LogP) is 5.19. The number of hydrogen-bond acceptors (Lipinski definition) is 5. The lowest BCUT2D eigenvalue weighted by Gasteiger charge is -2.13. The van der Waals surface area contributed by atoms with Gasteiger partial charge in [-0.05, 0) is 48.4 Å². The minimum Gasteiger partial charge on any atom is -0.490 e. The van der Waals surface area contributed by atoms with Crippen LogP contribution in [0, 0.1) is 5.82 Å². The van der Waals surface area contributed by atoms with Crippen molar-refractivity contribution in [3.8, 4) is 11.5 Å². The molecule has 0 bridgehead atoms. The van der Waals surface area contributed by atoms with E-state index in [0.29, 0.717) is 40.5 Å².